The molecule has 0 unspecified atom stereocenters. The third-order valence-electron chi connectivity index (χ3n) is 11.0. The lowest BCUT2D eigenvalue weighted by molar-refractivity contribution is -0.162. The molecule has 2 saturated heterocycles. The monoisotopic (exact) mass is 730 g/mol. The van der Waals surface area contributed by atoms with Crippen LogP contribution in [0.15, 0.2) is 109 Å². The minimum Gasteiger partial charge on any atom is -0.455 e. The molecule has 2 N–H and O–H groups in total. The first-order valence-electron chi connectivity index (χ1n) is 18.4. The van der Waals surface area contributed by atoms with Crippen molar-refractivity contribution in [2.24, 2.45) is 11.8 Å². The molecule has 3 amide bonds. The van der Waals surface area contributed by atoms with Gasteiger partial charge < -0.3 is 29.7 Å². The number of nitrogens with one attached hydrogen (secondary N) is 1. The average molecular weight is 731 g/mol. The van der Waals surface area contributed by atoms with Gasteiger partial charge >= 0.3 is 5.97 Å². The summed E-state index contributed by atoms with van der Waals surface area (Å²) < 4.78 is 14.5. The molecule has 2 fully saturated rings. The summed E-state index contributed by atoms with van der Waals surface area (Å²) in [6.45, 7) is 1.45. The topological polar surface area (TPSA) is 156 Å². The number of aromatic nitrogens is 3. The number of rotatable bonds is 7. The summed E-state index contributed by atoms with van der Waals surface area (Å²) in [5, 5.41) is 22.5. The summed E-state index contributed by atoms with van der Waals surface area (Å²) in [7, 11) is 0. The number of aliphatic hydroxyl groups is 1. The van der Waals surface area contributed by atoms with Crippen LogP contribution >= 0.6 is 0 Å². The van der Waals surface area contributed by atoms with Crippen LogP contribution in [0, 0.1) is 11.8 Å². The van der Waals surface area contributed by atoms with E-state index >= 15 is 4.79 Å². The van der Waals surface area contributed by atoms with E-state index in [1.807, 2.05) is 97.1 Å². The SMILES string of the molecule is C[C@@H]1NC(=O)CC/C=C\CN(Cn2nnc3ccccc32)C(=O)[C@H]2N([C@@H](CO)Cc3ccccc3)C(=O)[C@@H]3[C@@H](C(=O)O[C@H]1c1ccccc1)[C@H]1C=C[C@]32O1. The van der Waals surface area contributed by atoms with Crippen molar-refractivity contribution in [2.45, 2.75) is 68.8 Å². The molecular formula is C41H42N6O7. The number of carbonyl (C=O) groups is 4. The molecule has 1 spiro atoms. The van der Waals surface area contributed by atoms with E-state index in [9.17, 15) is 19.5 Å². The molecule has 4 aromatic rings. The summed E-state index contributed by atoms with van der Waals surface area (Å²) >= 11 is 0. The lowest BCUT2D eigenvalue weighted by Crippen LogP contribution is -2.59. The molecule has 54 heavy (non-hydrogen) atoms. The van der Waals surface area contributed by atoms with Gasteiger partial charge in [0.05, 0.1) is 36.2 Å². The number of likely N-dealkylation sites (tertiary alicyclic amines) is 1. The van der Waals surface area contributed by atoms with Crippen LogP contribution in [0.25, 0.3) is 11.0 Å². The smallest absolute Gasteiger partial charge is 0.313 e. The highest BCUT2D eigenvalue weighted by Crippen LogP contribution is 2.56. The number of allylic oxidation sites excluding steroid dienone is 1. The molecular weight excluding hydrogens is 688 g/mol. The number of fused-ring (bicyclic) bond motifs is 3. The Hall–Kier alpha value is -5.66. The molecule has 8 rings (SSSR count). The van der Waals surface area contributed by atoms with Gasteiger partial charge in [-0.25, -0.2) is 4.68 Å². The van der Waals surface area contributed by atoms with Crippen molar-refractivity contribution >= 4 is 34.7 Å². The third-order valence-corrected chi connectivity index (χ3v) is 11.0. The van der Waals surface area contributed by atoms with Crippen molar-refractivity contribution in [3.8, 4) is 0 Å². The van der Waals surface area contributed by atoms with Crippen molar-refractivity contribution in [3.63, 3.8) is 0 Å². The van der Waals surface area contributed by atoms with Gasteiger partial charge in [0.1, 0.15) is 35.9 Å². The Balaban J connectivity index is 1.23. The van der Waals surface area contributed by atoms with E-state index in [0.717, 1.165) is 5.56 Å². The number of ether oxygens (including phenoxy) is 2. The van der Waals surface area contributed by atoms with Gasteiger partial charge in [-0.2, -0.15) is 0 Å². The van der Waals surface area contributed by atoms with Gasteiger partial charge in [0.15, 0.2) is 0 Å². The normalized spacial score (nSPS) is 29.7. The minimum atomic E-state index is -1.52. The van der Waals surface area contributed by atoms with Gasteiger partial charge in [0.25, 0.3) is 5.91 Å². The second-order valence-corrected chi connectivity index (χ2v) is 14.4. The highest BCUT2D eigenvalue weighted by Gasteiger charge is 2.74. The highest BCUT2D eigenvalue weighted by molar-refractivity contribution is 5.99. The van der Waals surface area contributed by atoms with E-state index in [1.54, 1.807) is 28.7 Å². The van der Waals surface area contributed by atoms with Crippen molar-refractivity contribution in [1.29, 1.82) is 0 Å². The molecule has 0 aliphatic carbocycles. The van der Waals surface area contributed by atoms with Gasteiger partial charge in [-0.3, -0.25) is 19.2 Å². The summed E-state index contributed by atoms with van der Waals surface area (Å²) in [4.78, 5) is 60.9. The van der Waals surface area contributed by atoms with Crippen molar-refractivity contribution in [2.75, 3.05) is 13.2 Å². The molecule has 3 aromatic carbocycles. The first-order chi connectivity index (χ1) is 26.3. The lowest BCUT2D eigenvalue weighted by Gasteiger charge is -2.38. The predicted octanol–water partition coefficient (Wildman–Crippen LogP) is 3.11. The van der Waals surface area contributed by atoms with Crippen LogP contribution in [-0.2, 0) is 41.7 Å². The molecule has 5 bridgehead atoms. The number of cyclic esters (lactones) is 1. The number of hydrogen-bond acceptors (Lipinski definition) is 9. The second kappa shape index (κ2) is 14.6. The highest BCUT2D eigenvalue weighted by atomic mass is 16.6. The van der Waals surface area contributed by atoms with Crippen LogP contribution in [0.3, 0.4) is 0 Å². The van der Waals surface area contributed by atoms with Crippen molar-refractivity contribution < 1.29 is 33.8 Å². The average Bonchev–Trinajstić information content (AvgIpc) is 3.95. The summed E-state index contributed by atoms with van der Waals surface area (Å²) in [6.07, 6.45) is 6.27. The van der Waals surface area contributed by atoms with Crippen LogP contribution in [0.5, 0.6) is 0 Å². The Morgan fingerprint density at radius 3 is 2.46 bits per heavy atom. The number of para-hydroxylation sites is 1. The van der Waals surface area contributed by atoms with Crippen LogP contribution in [-0.4, -0.2) is 96.6 Å². The van der Waals surface area contributed by atoms with E-state index in [-0.39, 0.29) is 32.0 Å². The van der Waals surface area contributed by atoms with E-state index in [0.29, 0.717) is 23.0 Å². The summed E-state index contributed by atoms with van der Waals surface area (Å²) in [6, 6.07) is 23.4. The Kier molecular flexibility index (Phi) is 9.59. The maximum atomic E-state index is 15.3. The zero-order valence-corrected chi connectivity index (χ0v) is 29.8. The van der Waals surface area contributed by atoms with Gasteiger partial charge in [-0.15, -0.1) is 5.10 Å². The van der Waals surface area contributed by atoms with Crippen LogP contribution in [0.1, 0.15) is 37.0 Å². The number of benzene rings is 3. The number of esters is 1. The fourth-order valence-electron chi connectivity index (χ4n) is 8.50. The number of carbonyl (C=O) groups excluding carboxylic acids is 4. The third kappa shape index (κ3) is 6.26. The summed E-state index contributed by atoms with van der Waals surface area (Å²) in [5.41, 5.74) is 1.39. The van der Waals surface area contributed by atoms with Crippen LogP contribution in [0.2, 0.25) is 0 Å². The van der Waals surface area contributed by atoms with Crippen molar-refractivity contribution in [1.82, 2.24) is 30.1 Å². The van der Waals surface area contributed by atoms with E-state index in [4.69, 9.17) is 9.47 Å². The van der Waals surface area contributed by atoms with Gasteiger partial charge in [0.2, 0.25) is 11.8 Å². The first kappa shape index (κ1) is 35.4. The predicted molar refractivity (Wildman–Crippen MR) is 196 cm³/mol. The largest absolute Gasteiger partial charge is 0.455 e. The fourth-order valence-corrected chi connectivity index (χ4v) is 8.50. The fraction of sp³-hybridized carbons (Fsp3) is 0.366. The second-order valence-electron chi connectivity index (χ2n) is 14.4. The van der Waals surface area contributed by atoms with Gasteiger partial charge in [-0.1, -0.05) is 102 Å². The van der Waals surface area contributed by atoms with E-state index < -0.39 is 72.2 Å². The Labute approximate surface area is 312 Å². The lowest BCUT2D eigenvalue weighted by atomic mass is 9.74. The maximum Gasteiger partial charge on any atom is 0.313 e. The summed E-state index contributed by atoms with van der Waals surface area (Å²) in [5.74, 6) is -4.01. The standard InChI is InChI=1S/C41H42N6O7/c1-26-36(28-15-7-3-8-16-28)53-40(52)34-32-20-21-41(54-32)35(34)38(50)47(29(24-48)23-27-13-5-2-6-14-27)37(41)39(51)45(22-12-4-9-19-33(49)42-26)25-46-31-18-11-10-17-30(31)43-44-46/h2-8,10-18,20-21,26,29,32,34-37,48H,9,19,22-25H2,1H3,(H,42,49)/b12-4-/t26-,29+,32+,34-,35-,36+,37+,41-/m0/s1. The number of amides is 3. The zero-order chi connectivity index (χ0) is 37.4. The molecule has 278 valence electrons. The molecule has 1 aromatic heterocycles. The quantitative estimate of drug-likeness (QED) is 0.216. The van der Waals surface area contributed by atoms with E-state index in [2.05, 4.69) is 15.6 Å². The molecule has 13 nitrogen and oxygen atoms in total. The molecule has 4 aliphatic rings. The Morgan fingerprint density at radius 1 is 0.944 bits per heavy atom. The molecule has 5 heterocycles. The number of nitrogens with zero attached hydrogens (tertiary/aromatic N) is 5. The van der Waals surface area contributed by atoms with Crippen LogP contribution in [0.4, 0.5) is 0 Å². The Morgan fingerprint density at radius 2 is 1.69 bits per heavy atom. The molecule has 13 heteroatoms. The van der Waals surface area contributed by atoms with E-state index in [1.165, 1.54) is 4.90 Å². The minimum absolute atomic E-state index is 0.0131. The molecule has 8 atom stereocenters. The van der Waals surface area contributed by atoms with Gasteiger partial charge in [-0.05, 0) is 43.0 Å². The van der Waals surface area contributed by atoms with Gasteiger partial charge in [0, 0.05) is 13.0 Å². The molecule has 0 radical (unpaired) electrons. The first-order valence-corrected chi connectivity index (χ1v) is 18.4. The van der Waals surface area contributed by atoms with Crippen LogP contribution < -0.4 is 5.32 Å². The Bertz CT molecular complexity index is 2100. The molecule has 0 saturated carbocycles. The molecule has 4 aliphatic heterocycles. The number of hydrogen-bond donors (Lipinski definition) is 2. The zero-order valence-electron chi connectivity index (χ0n) is 29.8. The van der Waals surface area contributed by atoms with Crippen molar-refractivity contribution in [3.05, 3.63) is 120 Å². The number of aliphatic hydroxyl groups excluding tert-OH is 1. The maximum absolute atomic E-state index is 15.3.